The lowest BCUT2D eigenvalue weighted by Crippen LogP contribution is -2.58. The average molecular weight is 253 g/mol. The molecule has 3 fully saturated rings. The molecule has 0 radical (unpaired) electrons. The Bertz CT molecular complexity index is 365. The van der Waals surface area contributed by atoms with E-state index in [0.717, 1.165) is 24.7 Å². The van der Waals surface area contributed by atoms with E-state index in [2.05, 4.69) is 5.32 Å². The molecule has 2 aliphatic carbocycles. The zero-order valence-electron chi connectivity index (χ0n) is 10.4. The molecule has 3 rings (SSSR count). The standard InChI is InChI=1S/C13H19NO4/c15-11(10-6-8-5-9(8)7-10)14-13(12(16)17)1-3-18-4-2-13/h8-10H,1-7H2,(H,14,15)(H,16,17). The van der Waals surface area contributed by atoms with Crippen molar-refractivity contribution in [3.8, 4) is 0 Å². The Hall–Kier alpha value is -1.10. The van der Waals surface area contributed by atoms with Gasteiger partial charge in [-0.1, -0.05) is 0 Å². The molecule has 3 aliphatic rings. The predicted octanol–water partition coefficient (Wildman–Crippen LogP) is 0.782. The van der Waals surface area contributed by atoms with Crippen LogP contribution in [-0.2, 0) is 14.3 Å². The zero-order valence-corrected chi connectivity index (χ0v) is 10.4. The third kappa shape index (κ3) is 2.00. The number of aliphatic carboxylic acids is 1. The van der Waals surface area contributed by atoms with Crippen LogP contribution >= 0.6 is 0 Å². The van der Waals surface area contributed by atoms with Gasteiger partial charge >= 0.3 is 5.97 Å². The van der Waals surface area contributed by atoms with Gasteiger partial charge in [0.25, 0.3) is 0 Å². The number of hydrogen-bond donors (Lipinski definition) is 2. The summed E-state index contributed by atoms with van der Waals surface area (Å²) in [6, 6.07) is 0. The number of nitrogens with one attached hydrogen (secondary N) is 1. The molecule has 18 heavy (non-hydrogen) atoms. The van der Waals surface area contributed by atoms with E-state index in [-0.39, 0.29) is 11.8 Å². The van der Waals surface area contributed by atoms with Gasteiger partial charge in [-0.15, -0.1) is 0 Å². The van der Waals surface area contributed by atoms with Gasteiger partial charge in [-0.3, -0.25) is 4.79 Å². The molecule has 1 amide bonds. The maximum atomic E-state index is 12.2. The van der Waals surface area contributed by atoms with Crippen molar-refractivity contribution in [3.63, 3.8) is 0 Å². The summed E-state index contributed by atoms with van der Waals surface area (Å²) in [4.78, 5) is 23.6. The van der Waals surface area contributed by atoms with Gasteiger partial charge in [-0.2, -0.15) is 0 Å². The minimum atomic E-state index is -1.10. The number of carboxylic acid groups (broad SMARTS) is 1. The smallest absolute Gasteiger partial charge is 0.329 e. The van der Waals surface area contributed by atoms with Crippen molar-refractivity contribution in [2.75, 3.05) is 13.2 Å². The molecule has 2 atom stereocenters. The highest BCUT2D eigenvalue weighted by Gasteiger charge is 2.50. The molecule has 0 aromatic carbocycles. The SMILES string of the molecule is O=C(NC1(C(=O)O)CCOCC1)C1CC2CC2C1. The van der Waals surface area contributed by atoms with Crippen molar-refractivity contribution in [3.05, 3.63) is 0 Å². The van der Waals surface area contributed by atoms with Crippen LogP contribution in [0, 0.1) is 17.8 Å². The van der Waals surface area contributed by atoms with Crippen LogP contribution in [0.25, 0.3) is 0 Å². The fourth-order valence-electron chi connectivity index (χ4n) is 3.38. The monoisotopic (exact) mass is 253 g/mol. The first-order valence-corrected chi connectivity index (χ1v) is 6.74. The molecular weight excluding hydrogens is 234 g/mol. The lowest BCUT2D eigenvalue weighted by atomic mass is 9.89. The fourth-order valence-corrected chi connectivity index (χ4v) is 3.38. The highest BCUT2D eigenvalue weighted by Crippen LogP contribution is 2.54. The van der Waals surface area contributed by atoms with Gasteiger partial charge < -0.3 is 15.2 Å². The summed E-state index contributed by atoms with van der Waals surface area (Å²) >= 11 is 0. The number of rotatable bonds is 3. The summed E-state index contributed by atoms with van der Waals surface area (Å²) in [6.45, 7) is 0.811. The average Bonchev–Trinajstić information content (AvgIpc) is 2.97. The first-order chi connectivity index (χ1) is 8.61. The lowest BCUT2D eigenvalue weighted by Gasteiger charge is -2.34. The van der Waals surface area contributed by atoms with E-state index in [0.29, 0.717) is 26.1 Å². The van der Waals surface area contributed by atoms with E-state index in [1.54, 1.807) is 0 Å². The summed E-state index contributed by atoms with van der Waals surface area (Å²) in [5.74, 6) is 0.508. The Morgan fingerprint density at radius 1 is 1.11 bits per heavy atom. The van der Waals surface area contributed by atoms with Crippen LogP contribution in [0.4, 0.5) is 0 Å². The number of carboxylic acids is 1. The summed E-state index contributed by atoms with van der Waals surface area (Å²) in [5.41, 5.74) is -1.10. The normalized spacial score (nSPS) is 36.8. The number of carbonyl (C=O) groups is 2. The Morgan fingerprint density at radius 3 is 2.28 bits per heavy atom. The molecule has 5 nitrogen and oxygen atoms in total. The molecule has 1 saturated heterocycles. The van der Waals surface area contributed by atoms with Crippen molar-refractivity contribution in [1.82, 2.24) is 5.32 Å². The Kier molecular flexibility index (Phi) is 2.81. The van der Waals surface area contributed by atoms with E-state index in [1.807, 2.05) is 0 Å². The van der Waals surface area contributed by atoms with Crippen molar-refractivity contribution in [1.29, 1.82) is 0 Å². The van der Waals surface area contributed by atoms with Crippen LogP contribution in [0.15, 0.2) is 0 Å². The van der Waals surface area contributed by atoms with Crippen LogP contribution in [0.5, 0.6) is 0 Å². The lowest BCUT2D eigenvalue weighted by molar-refractivity contribution is -0.152. The molecule has 5 heteroatoms. The minimum absolute atomic E-state index is 0.0350. The van der Waals surface area contributed by atoms with Gasteiger partial charge in [0.05, 0.1) is 0 Å². The second-order valence-electron chi connectivity index (χ2n) is 5.91. The van der Waals surface area contributed by atoms with Crippen LogP contribution in [-0.4, -0.2) is 35.7 Å². The van der Waals surface area contributed by atoms with Gasteiger partial charge in [0.1, 0.15) is 5.54 Å². The first-order valence-electron chi connectivity index (χ1n) is 6.74. The fraction of sp³-hybridized carbons (Fsp3) is 0.846. The van der Waals surface area contributed by atoms with Gasteiger partial charge in [-0.05, 0) is 31.1 Å². The summed E-state index contributed by atoms with van der Waals surface area (Å²) in [5, 5.41) is 12.2. The van der Waals surface area contributed by atoms with Crippen LogP contribution in [0.2, 0.25) is 0 Å². The molecule has 2 N–H and O–H groups in total. The molecule has 2 saturated carbocycles. The number of fused-ring (bicyclic) bond motifs is 1. The predicted molar refractivity (Wildman–Crippen MR) is 62.9 cm³/mol. The minimum Gasteiger partial charge on any atom is -0.480 e. The molecule has 0 bridgehead atoms. The highest BCUT2D eigenvalue weighted by atomic mass is 16.5. The molecule has 0 spiro atoms. The number of hydrogen-bond acceptors (Lipinski definition) is 3. The van der Waals surface area contributed by atoms with Gasteiger partial charge in [0.2, 0.25) is 5.91 Å². The van der Waals surface area contributed by atoms with Gasteiger partial charge in [0, 0.05) is 32.0 Å². The Morgan fingerprint density at radius 2 is 1.72 bits per heavy atom. The van der Waals surface area contributed by atoms with E-state index < -0.39 is 11.5 Å². The number of ether oxygens (including phenoxy) is 1. The second-order valence-corrected chi connectivity index (χ2v) is 5.91. The third-order valence-corrected chi connectivity index (χ3v) is 4.73. The Labute approximate surface area is 106 Å². The third-order valence-electron chi connectivity index (χ3n) is 4.73. The number of amides is 1. The van der Waals surface area contributed by atoms with Crippen molar-refractivity contribution in [2.24, 2.45) is 17.8 Å². The first kappa shape index (κ1) is 12.0. The maximum Gasteiger partial charge on any atom is 0.329 e. The summed E-state index contributed by atoms with van der Waals surface area (Å²) in [6.07, 6.45) is 3.90. The largest absolute Gasteiger partial charge is 0.480 e. The maximum absolute atomic E-state index is 12.2. The number of carbonyl (C=O) groups excluding carboxylic acids is 1. The second kappa shape index (κ2) is 4.23. The van der Waals surface area contributed by atoms with E-state index in [9.17, 15) is 14.7 Å². The van der Waals surface area contributed by atoms with Crippen LogP contribution < -0.4 is 5.32 Å². The van der Waals surface area contributed by atoms with E-state index in [1.165, 1.54) is 6.42 Å². The van der Waals surface area contributed by atoms with Crippen LogP contribution in [0.1, 0.15) is 32.1 Å². The summed E-state index contributed by atoms with van der Waals surface area (Å²) < 4.78 is 5.19. The van der Waals surface area contributed by atoms with Gasteiger partial charge in [-0.25, -0.2) is 4.79 Å². The molecule has 0 aromatic heterocycles. The molecule has 0 aromatic rings. The molecule has 2 unspecified atom stereocenters. The van der Waals surface area contributed by atoms with Crippen molar-refractivity contribution >= 4 is 11.9 Å². The topological polar surface area (TPSA) is 75.6 Å². The summed E-state index contributed by atoms with van der Waals surface area (Å²) in [7, 11) is 0. The quantitative estimate of drug-likeness (QED) is 0.779. The van der Waals surface area contributed by atoms with E-state index >= 15 is 0 Å². The molecule has 1 heterocycles. The van der Waals surface area contributed by atoms with Crippen molar-refractivity contribution < 1.29 is 19.4 Å². The van der Waals surface area contributed by atoms with E-state index in [4.69, 9.17) is 4.74 Å². The zero-order chi connectivity index (χ0) is 12.8. The Balaban J connectivity index is 1.64. The molecule has 100 valence electrons. The van der Waals surface area contributed by atoms with Gasteiger partial charge in [0.15, 0.2) is 0 Å². The highest BCUT2D eigenvalue weighted by molar-refractivity contribution is 5.88. The van der Waals surface area contributed by atoms with Crippen LogP contribution in [0.3, 0.4) is 0 Å². The van der Waals surface area contributed by atoms with Crippen molar-refractivity contribution in [2.45, 2.75) is 37.6 Å². The molecule has 1 aliphatic heterocycles. The molecular formula is C13H19NO4.